The molecule has 43 heavy (non-hydrogen) atoms. The number of hydrogen-bond donors (Lipinski definition) is 2. The molecule has 4 atom stereocenters. The van der Waals surface area contributed by atoms with Gasteiger partial charge in [-0.05, 0) is 41.5 Å². The number of aliphatic hydroxyl groups excluding tert-OH is 1. The lowest BCUT2D eigenvalue weighted by molar-refractivity contribution is -0.645. The van der Waals surface area contributed by atoms with Crippen molar-refractivity contribution in [3.05, 3.63) is 131 Å². The van der Waals surface area contributed by atoms with Gasteiger partial charge in [0.25, 0.3) is 10.9 Å². The summed E-state index contributed by atoms with van der Waals surface area (Å²) in [5.41, 5.74) is 4.65. The molecule has 0 spiro atoms. The minimum absolute atomic E-state index is 0.0398. The van der Waals surface area contributed by atoms with Crippen molar-refractivity contribution >= 4 is 34.4 Å². The second kappa shape index (κ2) is 12.9. The number of ether oxygens (including phenoxy) is 2. The summed E-state index contributed by atoms with van der Waals surface area (Å²) in [6, 6.07) is 27.7. The van der Waals surface area contributed by atoms with Crippen molar-refractivity contribution < 1.29 is 24.1 Å². The third-order valence-corrected chi connectivity index (χ3v) is 8.51. The van der Waals surface area contributed by atoms with Gasteiger partial charge in [-0.15, -0.1) is 0 Å². The molecule has 2 aromatic heterocycles. The molecular weight excluding hydrogens is 564 g/mol. The molecular formula is C33H30N4O5S. The summed E-state index contributed by atoms with van der Waals surface area (Å²) in [7, 11) is 0. The zero-order valence-electron chi connectivity index (χ0n) is 23.4. The number of carbonyl (C=O) groups is 1. The Morgan fingerprint density at radius 3 is 2.56 bits per heavy atom. The maximum absolute atomic E-state index is 13.1. The highest BCUT2D eigenvalue weighted by Gasteiger charge is 2.38. The van der Waals surface area contributed by atoms with Crippen molar-refractivity contribution in [2.75, 3.05) is 11.1 Å². The van der Waals surface area contributed by atoms with Gasteiger partial charge in [0, 0.05) is 35.1 Å². The van der Waals surface area contributed by atoms with Crippen LogP contribution in [0.2, 0.25) is 0 Å². The number of amides is 1. The molecule has 5 aromatic rings. The predicted octanol–water partition coefficient (Wildman–Crippen LogP) is 5.59. The molecule has 1 amide bonds. The Kier molecular flexibility index (Phi) is 8.62. The van der Waals surface area contributed by atoms with Gasteiger partial charge in [0.05, 0.1) is 36.0 Å². The Bertz CT molecular complexity index is 1730. The van der Waals surface area contributed by atoms with Crippen LogP contribution in [0.25, 0.3) is 11.0 Å². The molecule has 0 unspecified atom stereocenters. The lowest BCUT2D eigenvalue weighted by Gasteiger charge is -2.41. The molecule has 3 aromatic carbocycles. The van der Waals surface area contributed by atoms with E-state index in [1.807, 2.05) is 72.8 Å². The van der Waals surface area contributed by atoms with Crippen LogP contribution in [0.15, 0.2) is 108 Å². The average molecular weight is 595 g/mol. The molecule has 218 valence electrons. The predicted molar refractivity (Wildman–Crippen MR) is 163 cm³/mol. The van der Waals surface area contributed by atoms with Crippen molar-refractivity contribution in [3.8, 4) is 0 Å². The number of nitrogens with one attached hydrogen (secondary N) is 1. The maximum Gasteiger partial charge on any atom is 0.275 e. The monoisotopic (exact) mass is 594 g/mol. The van der Waals surface area contributed by atoms with Crippen LogP contribution in [-0.4, -0.2) is 32.8 Å². The highest BCUT2D eigenvalue weighted by molar-refractivity contribution is 7.99. The van der Waals surface area contributed by atoms with E-state index in [-0.39, 0.29) is 36.3 Å². The molecule has 1 aliphatic rings. The van der Waals surface area contributed by atoms with Gasteiger partial charge >= 0.3 is 0 Å². The molecule has 6 rings (SSSR count). The summed E-state index contributed by atoms with van der Waals surface area (Å²) >= 11 is 1.43. The molecule has 3 heterocycles. The van der Waals surface area contributed by atoms with E-state index in [2.05, 4.69) is 22.2 Å². The van der Waals surface area contributed by atoms with Gasteiger partial charge < -0.3 is 25.1 Å². The lowest BCUT2D eigenvalue weighted by Crippen LogP contribution is -2.39. The summed E-state index contributed by atoms with van der Waals surface area (Å²) in [6.45, 7) is 2.03. The minimum Gasteiger partial charge on any atom is -0.618 e. The number of para-hydroxylation sites is 2. The largest absolute Gasteiger partial charge is 0.618 e. The second-order valence-electron chi connectivity index (χ2n) is 10.3. The SMILES string of the molecule is C[C@@H]1[C@H](CSc2cccc[n+]2[O-])O[C@H](c2cccc(NC(=O)c3cnc4ccccc4n3)c2)O[C@@H]1c1ccc(CO)cc1. The standard InChI is InChI=1S/C33H30N4O5S/c1-21-29(20-43-30-11-4-5-16-37(30)40)41-33(42-31(21)23-14-12-22(19-38)13-15-23)24-7-6-8-25(17-24)35-32(39)28-18-34-26-9-2-3-10-27(26)36-28/h2-18,21,29,31,33,38H,19-20H2,1H3,(H,35,39)/t21-,29+,31+,33+/m1/s1. The van der Waals surface area contributed by atoms with Crippen molar-refractivity contribution in [2.24, 2.45) is 5.92 Å². The lowest BCUT2D eigenvalue weighted by atomic mass is 9.91. The molecule has 10 heteroatoms. The zero-order valence-corrected chi connectivity index (χ0v) is 24.2. The molecule has 0 aliphatic carbocycles. The average Bonchev–Trinajstić information content (AvgIpc) is 3.05. The topological polar surface area (TPSA) is 121 Å². The Balaban J connectivity index is 1.24. The number of aromatic nitrogens is 3. The van der Waals surface area contributed by atoms with Crippen LogP contribution >= 0.6 is 11.8 Å². The van der Waals surface area contributed by atoms with E-state index in [9.17, 15) is 15.1 Å². The smallest absolute Gasteiger partial charge is 0.275 e. The van der Waals surface area contributed by atoms with Gasteiger partial charge in [0.15, 0.2) is 12.5 Å². The second-order valence-corrected chi connectivity index (χ2v) is 11.4. The summed E-state index contributed by atoms with van der Waals surface area (Å²) in [5, 5.41) is 25.3. The molecule has 9 nitrogen and oxygen atoms in total. The van der Waals surface area contributed by atoms with Gasteiger partial charge in [-0.3, -0.25) is 9.78 Å². The molecule has 1 fully saturated rings. The van der Waals surface area contributed by atoms with E-state index >= 15 is 0 Å². The van der Waals surface area contributed by atoms with Crippen molar-refractivity contribution in [1.82, 2.24) is 9.97 Å². The van der Waals surface area contributed by atoms with Crippen LogP contribution in [0.4, 0.5) is 5.69 Å². The third kappa shape index (κ3) is 6.52. The summed E-state index contributed by atoms with van der Waals surface area (Å²) in [6.07, 6.45) is 1.66. The molecule has 1 saturated heterocycles. The number of fused-ring (bicyclic) bond motifs is 1. The van der Waals surface area contributed by atoms with Crippen molar-refractivity contribution in [2.45, 2.75) is 37.1 Å². The fourth-order valence-corrected chi connectivity index (χ4v) is 6.11. The van der Waals surface area contributed by atoms with E-state index in [1.165, 1.54) is 24.2 Å². The van der Waals surface area contributed by atoms with Crippen molar-refractivity contribution in [1.29, 1.82) is 0 Å². The van der Waals surface area contributed by atoms with Gasteiger partial charge in [0.2, 0.25) is 0 Å². The van der Waals surface area contributed by atoms with E-state index in [0.29, 0.717) is 27.5 Å². The fourth-order valence-electron chi connectivity index (χ4n) is 5.03. The molecule has 0 radical (unpaired) electrons. The quantitative estimate of drug-likeness (QED) is 0.136. The van der Waals surface area contributed by atoms with E-state index in [1.54, 1.807) is 18.2 Å². The molecule has 0 bridgehead atoms. The molecule has 2 N–H and O–H groups in total. The Morgan fingerprint density at radius 1 is 0.977 bits per heavy atom. The van der Waals surface area contributed by atoms with Gasteiger partial charge in [0.1, 0.15) is 5.69 Å². The van der Waals surface area contributed by atoms with E-state index < -0.39 is 6.29 Å². The first-order valence-corrected chi connectivity index (χ1v) is 14.9. The van der Waals surface area contributed by atoms with Crippen LogP contribution in [0.3, 0.4) is 0 Å². The summed E-state index contributed by atoms with van der Waals surface area (Å²) < 4.78 is 13.9. The third-order valence-electron chi connectivity index (χ3n) is 7.41. The summed E-state index contributed by atoms with van der Waals surface area (Å²) in [5.74, 6) is 0.122. The first-order valence-electron chi connectivity index (χ1n) is 13.9. The number of nitrogens with zero attached hydrogens (tertiary/aromatic N) is 3. The fraction of sp³-hybridized carbons (Fsp3) is 0.212. The van der Waals surface area contributed by atoms with E-state index in [0.717, 1.165) is 21.4 Å². The normalized spacial score (nSPS) is 20.1. The van der Waals surface area contributed by atoms with Crippen LogP contribution < -0.4 is 10.0 Å². The highest BCUT2D eigenvalue weighted by atomic mass is 32.2. The number of thioether (sulfide) groups is 1. The van der Waals surface area contributed by atoms with Crippen LogP contribution in [-0.2, 0) is 16.1 Å². The number of rotatable bonds is 8. The first kappa shape index (κ1) is 28.8. The Labute approximate surface area is 253 Å². The Morgan fingerprint density at radius 2 is 1.77 bits per heavy atom. The highest BCUT2D eigenvalue weighted by Crippen LogP contribution is 2.43. The maximum atomic E-state index is 13.1. The number of carbonyl (C=O) groups excluding carboxylic acids is 1. The number of anilines is 1. The number of aliphatic hydroxyl groups is 1. The van der Waals surface area contributed by atoms with Crippen LogP contribution in [0, 0.1) is 11.1 Å². The summed E-state index contributed by atoms with van der Waals surface area (Å²) in [4.78, 5) is 21.8. The van der Waals surface area contributed by atoms with E-state index in [4.69, 9.17) is 9.47 Å². The van der Waals surface area contributed by atoms with Crippen LogP contribution in [0.1, 0.15) is 46.5 Å². The van der Waals surface area contributed by atoms with Gasteiger partial charge in [-0.1, -0.05) is 67.2 Å². The number of hydrogen-bond acceptors (Lipinski definition) is 8. The van der Waals surface area contributed by atoms with Crippen molar-refractivity contribution in [3.63, 3.8) is 0 Å². The molecule has 0 saturated carbocycles. The molecule has 1 aliphatic heterocycles. The first-order chi connectivity index (χ1) is 21.0. The number of benzene rings is 3. The van der Waals surface area contributed by atoms with Gasteiger partial charge in [-0.25, -0.2) is 4.98 Å². The minimum atomic E-state index is -0.725. The van der Waals surface area contributed by atoms with Gasteiger partial charge in [-0.2, -0.15) is 4.73 Å². The Hall–Kier alpha value is -4.35. The number of pyridine rings is 1. The zero-order chi connectivity index (χ0) is 29.8. The van der Waals surface area contributed by atoms with Crippen LogP contribution in [0.5, 0.6) is 0 Å².